The summed E-state index contributed by atoms with van der Waals surface area (Å²) in [6.07, 6.45) is 4.64. The van der Waals surface area contributed by atoms with Crippen LogP contribution in [-0.2, 0) is 4.74 Å². The Morgan fingerprint density at radius 1 is 1.43 bits per heavy atom. The number of nitro benzene ring substituents is 1. The standard InChI is InChI=1S/C14H16N4O3/c1-21-14(5-2-6-14)8-15-13-11-7-10(18(19)20)3-4-12(11)16-9-17-13/h3-4,7,9H,2,5-6,8H2,1H3,(H,15,16,17). The van der Waals surface area contributed by atoms with Crippen molar-refractivity contribution in [2.45, 2.75) is 24.9 Å². The molecule has 0 radical (unpaired) electrons. The fourth-order valence-electron chi connectivity index (χ4n) is 2.57. The predicted molar refractivity (Wildman–Crippen MR) is 78.3 cm³/mol. The van der Waals surface area contributed by atoms with Gasteiger partial charge in [0.05, 0.1) is 16.0 Å². The lowest BCUT2D eigenvalue weighted by atomic mass is 9.80. The summed E-state index contributed by atoms with van der Waals surface area (Å²) in [7, 11) is 1.71. The van der Waals surface area contributed by atoms with Gasteiger partial charge < -0.3 is 10.1 Å². The average molecular weight is 288 g/mol. The van der Waals surface area contributed by atoms with E-state index in [0.717, 1.165) is 19.3 Å². The van der Waals surface area contributed by atoms with Gasteiger partial charge in [-0.05, 0) is 25.3 Å². The molecule has 1 saturated carbocycles. The molecule has 21 heavy (non-hydrogen) atoms. The maximum absolute atomic E-state index is 10.9. The lowest BCUT2D eigenvalue weighted by Gasteiger charge is -2.40. The fraction of sp³-hybridized carbons (Fsp3) is 0.429. The molecular formula is C14H16N4O3. The van der Waals surface area contributed by atoms with Crippen molar-refractivity contribution in [3.8, 4) is 0 Å². The third-order valence-corrected chi connectivity index (χ3v) is 4.11. The van der Waals surface area contributed by atoms with Gasteiger partial charge in [-0.1, -0.05) is 0 Å². The second-order valence-corrected chi connectivity index (χ2v) is 5.28. The van der Waals surface area contributed by atoms with Crippen LogP contribution in [0.2, 0.25) is 0 Å². The normalized spacial score (nSPS) is 16.4. The van der Waals surface area contributed by atoms with Gasteiger partial charge in [-0.15, -0.1) is 0 Å². The molecule has 0 atom stereocenters. The molecule has 110 valence electrons. The molecule has 0 spiro atoms. The Morgan fingerprint density at radius 3 is 2.86 bits per heavy atom. The lowest BCUT2D eigenvalue weighted by Crippen LogP contribution is -2.45. The van der Waals surface area contributed by atoms with Crippen molar-refractivity contribution in [3.05, 3.63) is 34.6 Å². The van der Waals surface area contributed by atoms with E-state index in [1.807, 2.05) is 0 Å². The quantitative estimate of drug-likeness (QED) is 0.671. The molecular weight excluding hydrogens is 272 g/mol. The van der Waals surface area contributed by atoms with E-state index in [1.165, 1.54) is 18.5 Å². The molecule has 1 aromatic carbocycles. The van der Waals surface area contributed by atoms with Crippen molar-refractivity contribution < 1.29 is 9.66 Å². The van der Waals surface area contributed by atoms with Crippen LogP contribution in [-0.4, -0.2) is 34.1 Å². The second-order valence-electron chi connectivity index (χ2n) is 5.28. The Labute approximate surface area is 121 Å². The van der Waals surface area contributed by atoms with Gasteiger partial charge in [-0.2, -0.15) is 0 Å². The minimum absolute atomic E-state index is 0.0328. The first-order chi connectivity index (χ1) is 10.1. The monoisotopic (exact) mass is 288 g/mol. The number of hydrogen-bond donors (Lipinski definition) is 1. The fourth-order valence-corrected chi connectivity index (χ4v) is 2.57. The number of hydrogen-bond acceptors (Lipinski definition) is 6. The van der Waals surface area contributed by atoms with E-state index >= 15 is 0 Å². The zero-order valence-electron chi connectivity index (χ0n) is 11.7. The first kappa shape index (κ1) is 13.7. The summed E-state index contributed by atoms with van der Waals surface area (Å²) in [5.74, 6) is 0.604. The molecule has 1 fully saturated rings. The maximum atomic E-state index is 10.9. The summed E-state index contributed by atoms with van der Waals surface area (Å²) in [5, 5.41) is 14.8. The number of non-ortho nitro benzene ring substituents is 1. The SMILES string of the molecule is COC1(CNc2ncnc3ccc([N+](=O)[O-])cc23)CCC1. The Hall–Kier alpha value is -2.28. The van der Waals surface area contributed by atoms with Gasteiger partial charge in [0.25, 0.3) is 5.69 Å². The minimum atomic E-state index is -0.418. The molecule has 0 amide bonds. The van der Waals surface area contributed by atoms with Crippen LogP contribution in [0.5, 0.6) is 0 Å². The summed E-state index contributed by atoms with van der Waals surface area (Å²) in [6.45, 7) is 0.637. The van der Waals surface area contributed by atoms with Crippen molar-refractivity contribution in [1.29, 1.82) is 0 Å². The van der Waals surface area contributed by atoms with Crippen molar-refractivity contribution in [3.63, 3.8) is 0 Å². The zero-order chi connectivity index (χ0) is 14.9. The molecule has 7 heteroatoms. The highest BCUT2D eigenvalue weighted by Gasteiger charge is 2.36. The molecule has 0 saturated heterocycles. The first-order valence-electron chi connectivity index (χ1n) is 6.82. The summed E-state index contributed by atoms with van der Waals surface area (Å²) in [6, 6.07) is 4.58. The lowest BCUT2D eigenvalue weighted by molar-refractivity contribution is -0.384. The third kappa shape index (κ3) is 2.52. The number of aromatic nitrogens is 2. The van der Waals surface area contributed by atoms with Gasteiger partial charge in [-0.3, -0.25) is 10.1 Å². The van der Waals surface area contributed by atoms with Crippen LogP contribution in [0.4, 0.5) is 11.5 Å². The number of benzene rings is 1. The smallest absolute Gasteiger partial charge is 0.270 e. The Kier molecular flexibility index (Phi) is 3.42. The number of anilines is 1. The molecule has 1 heterocycles. The molecule has 2 aromatic rings. The number of ether oxygens (including phenoxy) is 1. The van der Waals surface area contributed by atoms with Gasteiger partial charge in [0, 0.05) is 31.2 Å². The molecule has 1 N–H and O–H groups in total. The van der Waals surface area contributed by atoms with Gasteiger partial charge >= 0.3 is 0 Å². The maximum Gasteiger partial charge on any atom is 0.270 e. The van der Waals surface area contributed by atoms with Gasteiger partial charge in [0.15, 0.2) is 0 Å². The van der Waals surface area contributed by atoms with Crippen LogP contribution in [0.3, 0.4) is 0 Å². The summed E-state index contributed by atoms with van der Waals surface area (Å²) in [4.78, 5) is 18.8. The minimum Gasteiger partial charge on any atom is -0.376 e. The van der Waals surface area contributed by atoms with Crippen LogP contribution < -0.4 is 5.32 Å². The van der Waals surface area contributed by atoms with Crippen molar-refractivity contribution >= 4 is 22.4 Å². The Morgan fingerprint density at radius 2 is 2.24 bits per heavy atom. The molecule has 1 aromatic heterocycles. The highest BCUT2D eigenvalue weighted by molar-refractivity contribution is 5.90. The highest BCUT2D eigenvalue weighted by atomic mass is 16.6. The molecule has 0 bridgehead atoms. The van der Waals surface area contributed by atoms with Crippen LogP contribution >= 0.6 is 0 Å². The third-order valence-electron chi connectivity index (χ3n) is 4.11. The average Bonchev–Trinajstić information content (AvgIpc) is 2.46. The van der Waals surface area contributed by atoms with E-state index in [-0.39, 0.29) is 11.3 Å². The summed E-state index contributed by atoms with van der Waals surface area (Å²) in [5.41, 5.74) is 0.571. The summed E-state index contributed by atoms with van der Waals surface area (Å²) >= 11 is 0. The van der Waals surface area contributed by atoms with Gasteiger partial charge in [-0.25, -0.2) is 9.97 Å². The topological polar surface area (TPSA) is 90.2 Å². The van der Waals surface area contributed by atoms with Crippen LogP contribution in [0.25, 0.3) is 10.9 Å². The van der Waals surface area contributed by atoms with E-state index in [0.29, 0.717) is 23.3 Å². The van der Waals surface area contributed by atoms with E-state index in [9.17, 15) is 10.1 Å². The number of fused-ring (bicyclic) bond motifs is 1. The van der Waals surface area contributed by atoms with E-state index in [4.69, 9.17) is 4.74 Å². The number of methoxy groups -OCH3 is 1. The second kappa shape index (κ2) is 5.25. The number of nitro groups is 1. The van der Waals surface area contributed by atoms with Crippen molar-refractivity contribution in [1.82, 2.24) is 9.97 Å². The van der Waals surface area contributed by atoms with Crippen molar-refractivity contribution in [2.24, 2.45) is 0 Å². The molecule has 1 aliphatic carbocycles. The number of rotatable bonds is 5. The van der Waals surface area contributed by atoms with Crippen molar-refractivity contribution in [2.75, 3.05) is 19.0 Å². The van der Waals surface area contributed by atoms with Crippen LogP contribution in [0.1, 0.15) is 19.3 Å². The predicted octanol–water partition coefficient (Wildman–Crippen LogP) is 2.52. The van der Waals surface area contributed by atoms with E-state index in [2.05, 4.69) is 15.3 Å². The molecule has 1 aliphatic rings. The van der Waals surface area contributed by atoms with E-state index in [1.54, 1.807) is 13.2 Å². The first-order valence-corrected chi connectivity index (χ1v) is 6.82. The van der Waals surface area contributed by atoms with Crippen LogP contribution in [0, 0.1) is 10.1 Å². The Bertz CT molecular complexity index is 679. The number of nitrogens with one attached hydrogen (secondary N) is 1. The van der Waals surface area contributed by atoms with Gasteiger partial charge in [0.1, 0.15) is 12.1 Å². The molecule has 3 rings (SSSR count). The molecule has 7 nitrogen and oxygen atoms in total. The van der Waals surface area contributed by atoms with E-state index < -0.39 is 4.92 Å². The Balaban J connectivity index is 1.90. The highest BCUT2D eigenvalue weighted by Crippen LogP contribution is 2.35. The molecule has 0 unspecified atom stereocenters. The van der Waals surface area contributed by atoms with Crippen LogP contribution in [0.15, 0.2) is 24.5 Å². The summed E-state index contributed by atoms with van der Waals surface area (Å²) < 4.78 is 5.56. The zero-order valence-corrected chi connectivity index (χ0v) is 11.7. The van der Waals surface area contributed by atoms with Gasteiger partial charge in [0.2, 0.25) is 0 Å². The number of nitrogens with zero attached hydrogens (tertiary/aromatic N) is 3. The molecule has 0 aliphatic heterocycles. The largest absolute Gasteiger partial charge is 0.376 e.